The molecule has 0 amide bonds. The smallest absolute Gasteiger partial charge is 0.269 e. The van der Waals surface area contributed by atoms with E-state index in [1.165, 1.54) is 23.9 Å². The summed E-state index contributed by atoms with van der Waals surface area (Å²) in [5.74, 6) is 0. The average Bonchev–Trinajstić information content (AvgIpc) is 2.66. The predicted octanol–water partition coefficient (Wildman–Crippen LogP) is 1.30. The highest BCUT2D eigenvalue weighted by Gasteiger charge is 2.17. The van der Waals surface area contributed by atoms with E-state index in [1.54, 1.807) is 16.9 Å². The molecule has 0 aromatic carbocycles. The zero-order chi connectivity index (χ0) is 14.1. The van der Waals surface area contributed by atoms with Gasteiger partial charge in [-0.2, -0.15) is 10.2 Å². The summed E-state index contributed by atoms with van der Waals surface area (Å²) < 4.78 is 3.24. The first-order valence-electron chi connectivity index (χ1n) is 6.95. The van der Waals surface area contributed by atoms with Crippen LogP contribution in [-0.4, -0.2) is 25.6 Å². The van der Waals surface area contributed by atoms with Crippen LogP contribution in [0.25, 0.3) is 0 Å². The molecule has 6 nitrogen and oxygen atoms in total. The number of nitrogens with zero attached hydrogens (tertiary/aromatic N) is 4. The molecule has 0 saturated heterocycles. The minimum Gasteiger partial charge on any atom is -0.381 e. The highest BCUT2D eigenvalue weighted by Crippen LogP contribution is 2.22. The fourth-order valence-electron chi connectivity index (χ4n) is 2.39. The van der Waals surface area contributed by atoms with Crippen molar-refractivity contribution < 1.29 is 0 Å². The van der Waals surface area contributed by atoms with E-state index in [9.17, 15) is 4.79 Å². The second kappa shape index (κ2) is 5.11. The molecule has 2 aromatic heterocycles. The molecule has 1 aliphatic rings. The number of hydrogen-bond acceptors (Lipinski definition) is 4. The molecule has 1 fully saturated rings. The molecule has 0 unspecified atom stereocenters. The number of rotatable bonds is 4. The molecular formula is C14H19N5O. The number of aromatic nitrogens is 4. The van der Waals surface area contributed by atoms with Crippen LogP contribution in [0.2, 0.25) is 0 Å². The Bertz CT molecular complexity index is 668. The van der Waals surface area contributed by atoms with Crippen molar-refractivity contribution in [2.45, 2.75) is 38.8 Å². The molecule has 6 heteroatoms. The molecule has 106 valence electrons. The Morgan fingerprint density at radius 2 is 2.20 bits per heavy atom. The van der Waals surface area contributed by atoms with E-state index in [4.69, 9.17) is 0 Å². The maximum atomic E-state index is 12.1. The fourth-order valence-corrected chi connectivity index (χ4v) is 2.39. The molecule has 0 aliphatic heterocycles. The molecule has 2 heterocycles. The van der Waals surface area contributed by atoms with Gasteiger partial charge in [-0.3, -0.25) is 9.48 Å². The van der Waals surface area contributed by atoms with E-state index >= 15 is 0 Å². The largest absolute Gasteiger partial charge is 0.381 e. The van der Waals surface area contributed by atoms with E-state index in [0.29, 0.717) is 12.6 Å². The number of nitrogens with one attached hydrogen (secondary N) is 1. The molecule has 3 rings (SSSR count). The van der Waals surface area contributed by atoms with E-state index in [1.807, 2.05) is 20.0 Å². The second-order valence-electron chi connectivity index (χ2n) is 5.41. The number of aryl methyl sites for hydroxylation is 2. The molecule has 2 aromatic rings. The third kappa shape index (κ3) is 2.59. The molecular weight excluding hydrogens is 254 g/mol. The highest BCUT2D eigenvalue weighted by atomic mass is 16.1. The van der Waals surface area contributed by atoms with Gasteiger partial charge in [-0.25, -0.2) is 4.68 Å². The van der Waals surface area contributed by atoms with E-state index in [2.05, 4.69) is 15.5 Å². The molecule has 0 atom stereocenters. The molecule has 0 radical (unpaired) electrons. The molecule has 1 saturated carbocycles. The summed E-state index contributed by atoms with van der Waals surface area (Å²) in [6, 6.07) is 4.09. The molecule has 0 bridgehead atoms. The van der Waals surface area contributed by atoms with Crippen molar-refractivity contribution in [2.24, 2.45) is 7.05 Å². The lowest BCUT2D eigenvalue weighted by atomic mass is 9.93. The third-order valence-corrected chi connectivity index (χ3v) is 3.76. The highest BCUT2D eigenvalue weighted by molar-refractivity contribution is 5.40. The Labute approximate surface area is 117 Å². The van der Waals surface area contributed by atoms with Crippen LogP contribution in [0, 0.1) is 6.92 Å². The lowest BCUT2D eigenvalue weighted by molar-refractivity contribution is 0.445. The van der Waals surface area contributed by atoms with Gasteiger partial charge in [0.05, 0.1) is 29.8 Å². The number of hydrogen-bond donors (Lipinski definition) is 1. The zero-order valence-electron chi connectivity index (χ0n) is 11.8. The lowest BCUT2D eigenvalue weighted by Crippen LogP contribution is -2.29. The normalized spacial score (nSPS) is 15.1. The van der Waals surface area contributed by atoms with Crippen LogP contribution in [0.4, 0.5) is 5.69 Å². The Balaban J connectivity index is 1.76. The first-order valence-corrected chi connectivity index (χ1v) is 6.95. The lowest BCUT2D eigenvalue weighted by Gasteiger charge is -2.27. The van der Waals surface area contributed by atoms with Crippen molar-refractivity contribution >= 4 is 5.69 Å². The maximum absolute atomic E-state index is 12.1. The molecule has 1 N–H and O–H groups in total. The van der Waals surface area contributed by atoms with Gasteiger partial charge in [-0.1, -0.05) is 0 Å². The third-order valence-electron chi connectivity index (χ3n) is 3.76. The summed E-state index contributed by atoms with van der Waals surface area (Å²) >= 11 is 0. The van der Waals surface area contributed by atoms with Crippen molar-refractivity contribution in [3.05, 3.63) is 40.1 Å². The molecule has 1 aliphatic carbocycles. The van der Waals surface area contributed by atoms with Gasteiger partial charge in [0.25, 0.3) is 5.56 Å². The van der Waals surface area contributed by atoms with Crippen LogP contribution in [0.3, 0.4) is 0 Å². The monoisotopic (exact) mass is 273 g/mol. The van der Waals surface area contributed by atoms with Crippen LogP contribution in [0.1, 0.15) is 30.7 Å². The fraction of sp³-hybridized carbons (Fsp3) is 0.500. The SMILES string of the molecule is Cc1cc(Cn2ncc(NC3CCC3)cc2=O)n(C)n1. The summed E-state index contributed by atoms with van der Waals surface area (Å²) in [5, 5.41) is 11.8. The van der Waals surface area contributed by atoms with E-state index in [0.717, 1.165) is 17.1 Å². The van der Waals surface area contributed by atoms with Crippen LogP contribution in [0.5, 0.6) is 0 Å². The van der Waals surface area contributed by atoms with Gasteiger partial charge in [-0.15, -0.1) is 0 Å². The first kappa shape index (κ1) is 12.9. The van der Waals surface area contributed by atoms with Gasteiger partial charge in [0, 0.05) is 19.2 Å². The van der Waals surface area contributed by atoms with Gasteiger partial charge >= 0.3 is 0 Å². The van der Waals surface area contributed by atoms with Gasteiger partial charge in [0.2, 0.25) is 0 Å². The average molecular weight is 273 g/mol. The van der Waals surface area contributed by atoms with Gasteiger partial charge < -0.3 is 5.32 Å². The van der Waals surface area contributed by atoms with Crippen LogP contribution >= 0.6 is 0 Å². The van der Waals surface area contributed by atoms with Gasteiger partial charge in [0.15, 0.2) is 0 Å². The van der Waals surface area contributed by atoms with Crippen molar-refractivity contribution in [1.82, 2.24) is 19.6 Å². The molecule has 0 spiro atoms. The Kier molecular flexibility index (Phi) is 3.30. The summed E-state index contributed by atoms with van der Waals surface area (Å²) in [6.07, 6.45) is 5.35. The Morgan fingerprint density at radius 1 is 1.40 bits per heavy atom. The summed E-state index contributed by atoms with van der Waals surface area (Å²) in [7, 11) is 1.87. The van der Waals surface area contributed by atoms with Crippen molar-refractivity contribution in [3.8, 4) is 0 Å². The van der Waals surface area contributed by atoms with E-state index < -0.39 is 0 Å². The maximum Gasteiger partial charge on any atom is 0.269 e. The Morgan fingerprint density at radius 3 is 2.75 bits per heavy atom. The minimum atomic E-state index is -0.0897. The van der Waals surface area contributed by atoms with Crippen molar-refractivity contribution in [1.29, 1.82) is 0 Å². The molecule has 20 heavy (non-hydrogen) atoms. The predicted molar refractivity (Wildman–Crippen MR) is 76.8 cm³/mol. The Hall–Kier alpha value is -2.11. The van der Waals surface area contributed by atoms with Crippen LogP contribution in [0.15, 0.2) is 23.1 Å². The topological polar surface area (TPSA) is 64.7 Å². The number of anilines is 1. The summed E-state index contributed by atoms with van der Waals surface area (Å²) in [4.78, 5) is 12.1. The van der Waals surface area contributed by atoms with Crippen LogP contribution < -0.4 is 10.9 Å². The second-order valence-corrected chi connectivity index (χ2v) is 5.41. The van der Waals surface area contributed by atoms with Gasteiger partial charge in [0.1, 0.15) is 0 Å². The quantitative estimate of drug-likeness (QED) is 0.912. The van der Waals surface area contributed by atoms with Crippen molar-refractivity contribution in [3.63, 3.8) is 0 Å². The summed E-state index contributed by atoms with van der Waals surface area (Å²) in [5.41, 5.74) is 2.64. The van der Waals surface area contributed by atoms with Crippen LogP contribution in [-0.2, 0) is 13.6 Å². The first-order chi connectivity index (χ1) is 9.61. The van der Waals surface area contributed by atoms with Crippen molar-refractivity contribution in [2.75, 3.05) is 5.32 Å². The zero-order valence-corrected chi connectivity index (χ0v) is 11.8. The minimum absolute atomic E-state index is 0.0897. The van der Waals surface area contributed by atoms with Gasteiger partial charge in [-0.05, 0) is 32.3 Å². The standard InChI is InChI=1S/C14H19N5O/c1-10-6-13(18(2)17-10)9-19-14(20)7-12(8-15-19)16-11-4-3-5-11/h6-8,11,16H,3-5,9H2,1-2H3. The van der Waals surface area contributed by atoms with E-state index in [-0.39, 0.29) is 5.56 Å². The summed E-state index contributed by atoms with van der Waals surface area (Å²) in [6.45, 7) is 2.38.